The molecule has 0 saturated carbocycles. The highest BCUT2D eigenvalue weighted by molar-refractivity contribution is 6.31. The van der Waals surface area contributed by atoms with Crippen LogP contribution in [0, 0.1) is 0 Å². The second-order valence-corrected chi connectivity index (χ2v) is 5.04. The highest BCUT2D eigenvalue weighted by Gasteiger charge is 2.19. The molecule has 1 fully saturated rings. The molecule has 0 spiro atoms. The van der Waals surface area contributed by atoms with Crippen LogP contribution in [0.4, 0.5) is 0 Å². The number of rotatable bonds is 4. The van der Waals surface area contributed by atoms with Gasteiger partial charge in [0.2, 0.25) is 5.91 Å². The minimum absolute atomic E-state index is 0.00926. The number of hydrogen-bond acceptors (Lipinski definition) is 2. The van der Waals surface area contributed by atoms with E-state index in [1.165, 1.54) is 6.42 Å². The zero-order valence-electron chi connectivity index (χ0n) is 10.4. The predicted molar refractivity (Wildman–Crippen MR) is 73.8 cm³/mol. The molecule has 0 bridgehead atoms. The van der Waals surface area contributed by atoms with Crippen LogP contribution in [0.3, 0.4) is 0 Å². The molecule has 3 nitrogen and oxygen atoms in total. The van der Waals surface area contributed by atoms with Gasteiger partial charge in [0.25, 0.3) is 0 Å². The van der Waals surface area contributed by atoms with Gasteiger partial charge in [0.1, 0.15) is 0 Å². The van der Waals surface area contributed by atoms with Crippen LogP contribution in [0.15, 0.2) is 24.3 Å². The first-order valence-electron chi connectivity index (χ1n) is 6.52. The fourth-order valence-corrected chi connectivity index (χ4v) is 2.45. The van der Waals surface area contributed by atoms with Crippen molar-refractivity contribution in [1.82, 2.24) is 10.6 Å². The molecule has 0 aliphatic carbocycles. The molecule has 1 aromatic carbocycles. The van der Waals surface area contributed by atoms with Crippen LogP contribution in [0.2, 0.25) is 5.02 Å². The van der Waals surface area contributed by atoms with Crippen molar-refractivity contribution >= 4 is 17.5 Å². The standard InChI is InChI=1S/C14H19ClN2O/c15-12-6-2-1-5-11(12)8-10-17-14(18)13-7-3-4-9-16-13/h1-2,5-6,13,16H,3-4,7-10H2,(H,17,18). The monoisotopic (exact) mass is 266 g/mol. The van der Waals surface area contributed by atoms with Crippen LogP contribution in [-0.4, -0.2) is 25.0 Å². The largest absolute Gasteiger partial charge is 0.354 e. The van der Waals surface area contributed by atoms with Crippen LogP contribution in [0.1, 0.15) is 24.8 Å². The molecular formula is C14H19ClN2O. The lowest BCUT2D eigenvalue weighted by atomic mass is 10.0. The van der Waals surface area contributed by atoms with E-state index in [9.17, 15) is 4.79 Å². The number of benzene rings is 1. The van der Waals surface area contributed by atoms with E-state index >= 15 is 0 Å². The van der Waals surface area contributed by atoms with E-state index in [1.54, 1.807) is 0 Å². The molecule has 4 heteroatoms. The number of carbonyl (C=O) groups excluding carboxylic acids is 1. The summed E-state index contributed by atoms with van der Waals surface area (Å²) < 4.78 is 0. The summed E-state index contributed by atoms with van der Waals surface area (Å²) in [6, 6.07) is 7.74. The van der Waals surface area contributed by atoms with Crippen LogP contribution in [0.5, 0.6) is 0 Å². The molecule has 0 aromatic heterocycles. The molecule has 1 aliphatic rings. The second kappa shape index (κ2) is 6.76. The molecule has 1 unspecified atom stereocenters. The summed E-state index contributed by atoms with van der Waals surface area (Å²) in [6.07, 6.45) is 4.02. The molecule has 2 rings (SSSR count). The topological polar surface area (TPSA) is 41.1 Å². The number of halogens is 1. The summed E-state index contributed by atoms with van der Waals surface area (Å²) in [5, 5.41) is 6.98. The fraction of sp³-hybridized carbons (Fsp3) is 0.500. The summed E-state index contributed by atoms with van der Waals surface area (Å²) in [6.45, 7) is 1.59. The van der Waals surface area contributed by atoms with Crippen molar-refractivity contribution in [1.29, 1.82) is 0 Å². The Labute approximate surface area is 113 Å². The Morgan fingerprint density at radius 3 is 2.94 bits per heavy atom. The quantitative estimate of drug-likeness (QED) is 0.877. The van der Waals surface area contributed by atoms with E-state index in [0.29, 0.717) is 6.54 Å². The van der Waals surface area contributed by atoms with Gasteiger partial charge in [0.05, 0.1) is 6.04 Å². The Morgan fingerprint density at radius 1 is 1.39 bits per heavy atom. The van der Waals surface area contributed by atoms with Crippen molar-refractivity contribution in [3.05, 3.63) is 34.9 Å². The van der Waals surface area contributed by atoms with E-state index in [-0.39, 0.29) is 11.9 Å². The highest BCUT2D eigenvalue weighted by atomic mass is 35.5. The molecule has 98 valence electrons. The van der Waals surface area contributed by atoms with Gasteiger partial charge in [0, 0.05) is 11.6 Å². The molecule has 1 amide bonds. The van der Waals surface area contributed by atoms with Crippen LogP contribution in [0.25, 0.3) is 0 Å². The summed E-state index contributed by atoms with van der Waals surface area (Å²) in [5.74, 6) is 0.113. The summed E-state index contributed by atoms with van der Waals surface area (Å²) in [4.78, 5) is 11.9. The third-order valence-corrected chi connectivity index (χ3v) is 3.65. The Morgan fingerprint density at radius 2 is 2.22 bits per heavy atom. The lowest BCUT2D eigenvalue weighted by Gasteiger charge is -2.22. The van der Waals surface area contributed by atoms with Crippen molar-refractivity contribution in [3.63, 3.8) is 0 Å². The van der Waals surface area contributed by atoms with Crippen molar-refractivity contribution in [3.8, 4) is 0 Å². The molecule has 1 heterocycles. The van der Waals surface area contributed by atoms with Crippen LogP contribution in [-0.2, 0) is 11.2 Å². The Kier molecular flexibility index (Phi) is 5.02. The first kappa shape index (κ1) is 13.4. The molecule has 1 saturated heterocycles. The zero-order chi connectivity index (χ0) is 12.8. The average Bonchev–Trinajstić information content (AvgIpc) is 2.42. The minimum atomic E-state index is -0.00926. The van der Waals surface area contributed by atoms with Gasteiger partial charge in [-0.2, -0.15) is 0 Å². The first-order valence-corrected chi connectivity index (χ1v) is 6.89. The maximum absolute atomic E-state index is 11.9. The van der Waals surface area contributed by atoms with E-state index in [2.05, 4.69) is 10.6 Å². The number of hydrogen-bond donors (Lipinski definition) is 2. The summed E-state index contributed by atoms with van der Waals surface area (Å²) in [7, 11) is 0. The Balaban J connectivity index is 1.75. The van der Waals surface area contributed by atoms with E-state index in [1.807, 2.05) is 24.3 Å². The van der Waals surface area contributed by atoms with Crippen molar-refractivity contribution in [2.24, 2.45) is 0 Å². The van der Waals surface area contributed by atoms with E-state index < -0.39 is 0 Å². The van der Waals surface area contributed by atoms with Gasteiger partial charge in [-0.1, -0.05) is 36.2 Å². The number of piperidine rings is 1. The number of carbonyl (C=O) groups is 1. The van der Waals surface area contributed by atoms with Gasteiger partial charge in [-0.25, -0.2) is 0 Å². The lowest BCUT2D eigenvalue weighted by molar-refractivity contribution is -0.123. The van der Waals surface area contributed by atoms with Crippen LogP contribution >= 0.6 is 11.6 Å². The molecule has 0 radical (unpaired) electrons. The highest BCUT2D eigenvalue weighted by Crippen LogP contribution is 2.14. The van der Waals surface area contributed by atoms with Crippen LogP contribution < -0.4 is 10.6 Å². The van der Waals surface area contributed by atoms with Crippen molar-refractivity contribution in [2.75, 3.05) is 13.1 Å². The summed E-state index contributed by atoms with van der Waals surface area (Å²) >= 11 is 6.06. The molecule has 18 heavy (non-hydrogen) atoms. The van der Waals surface area contributed by atoms with E-state index in [0.717, 1.165) is 36.4 Å². The predicted octanol–water partition coefficient (Wildman–Crippen LogP) is 2.14. The van der Waals surface area contributed by atoms with Crippen molar-refractivity contribution in [2.45, 2.75) is 31.7 Å². The maximum atomic E-state index is 11.9. The Hall–Kier alpha value is -1.06. The van der Waals surface area contributed by atoms with E-state index in [4.69, 9.17) is 11.6 Å². The number of nitrogens with one attached hydrogen (secondary N) is 2. The molecule has 1 aromatic rings. The van der Waals surface area contributed by atoms with Gasteiger partial charge >= 0.3 is 0 Å². The summed E-state index contributed by atoms with van der Waals surface area (Å²) in [5.41, 5.74) is 1.08. The smallest absolute Gasteiger partial charge is 0.237 e. The fourth-order valence-electron chi connectivity index (χ4n) is 2.22. The number of amides is 1. The minimum Gasteiger partial charge on any atom is -0.354 e. The third-order valence-electron chi connectivity index (χ3n) is 3.28. The maximum Gasteiger partial charge on any atom is 0.237 e. The van der Waals surface area contributed by atoms with Gasteiger partial charge in [-0.15, -0.1) is 0 Å². The van der Waals surface area contributed by atoms with Crippen molar-refractivity contribution < 1.29 is 4.79 Å². The Bertz CT molecular complexity index is 403. The SMILES string of the molecule is O=C(NCCc1ccccc1Cl)C1CCCCN1. The van der Waals surface area contributed by atoms with Gasteiger partial charge in [-0.3, -0.25) is 4.79 Å². The average molecular weight is 267 g/mol. The lowest BCUT2D eigenvalue weighted by Crippen LogP contribution is -2.47. The zero-order valence-corrected chi connectivity index (χ0v) is 11.2. The van der Waals surface area contributed by atoms with Gasteiger partial charge in [-0.05, 0) is 37.4 Å². The van der Waals surface area contributed by atoms with Gasteiger partial charge < -0.3 is 10.6 Å². The molecule has 1 atom stereocenters. The molecule has 2 N–H and O–H groups in total. The third kappa shape index (κ3) is 3.72. The van der Waals surface area contributed by atoms with Gasteiger partial charge in [0.15, 0.2) is 0 Å². The molecular weight excluding hydrogens is 248 g/mol. The first-order chi connectivity index (χ1) is 8.77. The molecule has 1 aliphatic heterocycles. The normalized spacial score (nSPS) is 19.5. The second-order valence-electron chi connectivity index (χ2n) is 4.63.